The molecule has 38 heavy (non-hydrogen) atoms. The van der Waals surface area contributed by atoms with Gasteiger partial charge in [0.25, 0.3) is 11.1 Å². The van der Waals surface area contributed by atoms with Crippen molar-refractivity contribution < 1.29 is 28.5 Å². The Kier molecular flexibility index (Phi) is 9.22. The molecule has 0 aliphatic carbocycles. The maximum atomic E-state index is 12.0. The molecule has 0 unspecified atom stereocenters. The van der Waals surface area contributed by atoms with Crippen LogP contribution in [-0.2, 0) is 11.4 Å². The van der Waals surface area contributed by atoms with Crippen molar-refractivity contribution in [2.24, 2.45) is 0 Å². The summed E-state index contributed by atoms with van der Waals surface area (Å²) < 4.78 is 23.0. The van der Waals surface area contributed by atoms with E-state index in [-0.39, 0.29) is 22.6 Å². The van der Waals surface area contributed by atoms with Crippen LogP contribution in [0.25, 0.3) is 17.5 Å². The molecule has 0 bridgehead atoms. The molecule has 4 rings (SSSR count). The van der Waals surface area contributed by atoms with E-state index in [9.17, 15) is 9.90 Å². The van der Waals surface area contributed by atoms with Crippen LogP contribution in [0, 0.1) is 0 Å². The van der Waals surface area contributed by atoms with Crippen LogP contribution in [0.4, 0.5) is 0 Å². The van der Waals surface area contributed by atoms with Crippen molar-refractivity contribution in [2.45, 2.75) is 11.8 Å². The normalized spacial score (nSPS) is 11.3. The summed E-state index contributed by atoms with van der Waals surface area (Å²) >= 11 is 16.6. The van der Waals surface area contributed by atoms with Crippen LogP contribution < -0.4 is 14.2 Å². The number of ether oxygens (including phenoxy) is 3. The first-order valence-corrected chi connectivity index (χ1v) is 13.2. The van der Waals surface area contributed by atoms with Gasteiger partial charge < -0.3 is 23.7 Å². The van der Waals surface area contributed by atoms with Gasteiger partial charge in [-0.25, -0.2) is 4.79 Å². The van der Waals surface area contributed by atoms with Gasteiger partial charge in [0.1, 0.15) is 17.3 Å². The molecule has 196 valence electrons. The van der Waals surface area contributed by atoms with Crippen molar-refractivity contribution in [3.05, 3.63) is 85.1 Å². The molecular formula is C26H19BrCl2N2O6S. The third-order valence-corrected chi connectivity index (χ3v) is 7.13. The molecule has 0 aliphatic rings. The van der Waals surface area contributed by atoms with Crippen LogP contribution in [-0.4, -0.2) is 35.5 Å². The second kappa shape index (κ2) is 12.6. The highest BCUT2D eigenvalue weighted by Crippen LogP contribution is 2.39. The Morgan fingerprint density at radius 3 is 2.55 bits per heavy atom. The predicted molar refractivity (Wildman–Crippen MR) is 149 cm³/mol. The first kappa shape index (κ1) is 27.8. The van der Waals surface area contributed by atoms with E-state index in [2.05, 4.69) is 26.1 Å². The monoisotopic (exact) mass is 636 g/mol. The lowest BCUT2D eigenvalue weighted by atomic mass is 10.2. The number of rotatable bonds is 10. The summed E-state index contributed by atoms with van der Waals surface area (Å²) in [6.45, 7) is 0.219. The Morgan fingerprint density at radius 1 is 1.08 bits per heavy atom. The molecule has 8 nitrogen and oxygen atoms in total. The molecule has 0 fully saturated rings. The quantitative estimate of drug-likeness (QED) is 0.139. The SMILES string of the molecule is COc1ccc(Cl)cc1-c1nnc(S/C(=C\c2cc(Br)c(OCc3ccccc3Cl)c(OC)c2)C(=O)O)o1. The van der Waals surface area contributed by atoms with Crippen molar-refractivity contribution >= 4 is 62.9 Å². The average molecular weight is 638 g/mol. The number of hydrogen-bond donors (Lipinski definition) is 1. The molecule has 0 saturated carbocycles. The van der Waals surface area contributed by atoms with Crippen LogP contribution in [0.2, 0.25) is 10.0 Å². The molecule has 0 aliphatic heterocycles. The standard InChI is InChI=1S/C26H19BrCl2N2O6S/c1-34-20-8-7-16(28)12-17(20)24-30-31-26(37-24)38-22(25(32)33)11-14-9-18(27)23(21(10-14)35-2)36-13-15-5-3-4-6-19(15)29/h3-12H,13H2,1-2H3,(H,32,33)/b22-11-. The fourth-order valence-electron chi connectivity index (χ4n) is 3.32. The van der Waals surface area contributed by atoms with E-state index >= 15 is 0 Å². The number of hydrogen-bond acceptors (Lipinski definition) is 8. The van der Waals surface area contributed by atoms with Gasteiger partial charge in [0.2, 0.25) is 0 Å². The van der Waals surface area contributed by atoms with Gasteiger partial charge in [-0.2, -0.15) is 0 Å². The Bertz CT molecular complexity index is 1510. The molecule has 1 N–H and O–H groups in total. The van der Waals surface area contributed by atoms with Crippen LogP contribution in [0.1, 0.15) is 11.1 Å². The summed E-state index contributed by atoms with van der Waals surface area (Å²) in [5.74, 6) is 0.300. The third kappa shape index (κ3) is 6.63. The van der Waals surface area contributed by atoms with E-state index in [1.807, 2.05) is 18.2 Å². The minimum Gasteiger partial charge on any atom is -0.496 e. The van der Waals surface area contributed by atoms with Crippen molar-refractivity contribution in [1.29, 1.82) is 0 Å². The van der Waals surface area contributed by atoms with Crippen LogP contribution in [0.3, 0.4) is 0 Å². The molecule has 0 spiro atoms. The molecule has 0 radical (unpaired) electrons. The lowest BCUT2D eigenvalue weighted by Gasteiger charge is -2.14. The number of nitrogens with zero attached hydrogens (tertiary/aromatic N) is 2. The van der Waals surface area contributed by atoms with E-state index < -0.39 is 5.97 Å². The molecular weight excluding hydrogens is 619 g/mol. The van der Waals surface area contributed by atoms with Crippen molar-refractivity contribution in [1.82, 2.24) is 10.2 Å². The van der Waals surface area contributed by atoms with Gasteiger partial charge in [0.15, 0.2) is 11.5 Å². The molecule has 4 aromatic rings. The number of halogens is 3. The fraction of sp³-hybridized carbons (Fsp3) is 0.115. The van der Waals surface area contributed by atoms with Crippen LogP contribution in [0.5, 0.6) is 17.2 Å². The summed E-state index contributed by atoms with van der Waals surface area (Å²) in [6, 6.07) is 15.7. The first-order chi connectivity index (χ1) is 18.3. The van der Waals surface area contributed by atoms with E-state index in [0.29, 0.717) is 42.9 Å². The maximum Gasteiger partial charge on any atom is 0.342 e. The maximum absolute atomic E-state index is 12.0. The van der Waals surface area contributed by atoms with Gasteiger partial charge >= 0.3 is 5.97 Å². The van der Waals surface area contributed by atoms with Gasteiger partial charge in [0, 0.05) is 15.6 Å². The zero-order chi connectivity index (χ0) is 27.2. The molecule has 12 heteroatoms. The van der Waals surface area contributed by atoms with E-state index in [1.165, 1.54) is 20.3 Å². The second-order valence-corrected chi connectivity index (χ2v) is 10.2. The smallest absolute Gasteiger partial charge is 0.342 e. The summed E-state index contributed by atoms with van der Waals surface area (Å²) in [7, 11) is 3.00. The van der Waals surface area contributed by atoms with Gasteiger partial charge in [-0.3, -0.25) is 0 Å². The number of carboxylic acids is 1. The number of benzene rings is 3. The first-order valence-electron chi connectivity index (χ1n) is 10.8. The predicted octanol–water partition coefficient (Wildman–Crippen LogP) is 7.62. The summed E-state index contributed by atoms with van der Waals surface area (Å²) in [6.07, 6.45) is 1.46. The second-order valence-electron chi connectivity index (χ2n) is 7.55. The summed E-state index contributed by atoms with van der Waals surface area (Å²) in [5.41, 5.74) is 1.84. The van der Waals surface area contributed by atoms with Crippen molar-refractivity contribution in [2.75, 3.05) is 14.2 Å². The number of methoxy groups -OCH3 is 2. The molecule has 0 saturated heterocycles. The number of thioether (sulfide) groups is 1. The van der Waals surface area contributed by atoms with Gasteiger partial charge in [-0.05, 0) is 75.7 Å². The lowest BCUT2D eigenvalue weighted by Crippen LogP contribution is -2.00. The van der Waals surface area contributed by atoms with E-state index in [4.69, 9.17) is 41.8 Å². The highest BCUT2D eigenvalue weighted by Gasteiger charge is 2.19. The van der Waals surface area contributed by atoms with E-state index in [1.54, 1.807) is 36.4 Å². The highest BCUT2D eigenvalue weighted by atomic mass is 79.9. The number of aliphatic carboxylic acids is 1. The Labute approximate surface area is 240 Å². The van der Waals surface area contributed by atoms with Gasteiger partial charge in [-0.15, -0.1) is 10.2 Å². The van der Waals surface area contributed by atoms with Gasteiger partial charge in [0.05, 0.1) is 24.3 Å². The number of aromatic nitrogens is 2. The minimum absolute atomic E-state index is 0.0291. The van der Waals surface area contributed by atoms with Gasteiger partial charge in [-0.1, -0.05) is 41.4 Å². The highest BCUT2D eigenvalue weighted by molar-refractivity contribution is 9.10. The largest absolute Gasteiger partial charge is 0.496 e. The number of carboxylic acid groups (broad SMARTS) is 1. The molecule has 3 aromatic carbocycles. The van der Waals surface area contributed by atoms with Crippen LogP contribution in [0.15, 0.2) is 73.6 Å². The summed E-state index contributed by atoms with van der Waals surface area (Å²) in [5, 5.41) is 18.9. The molecule has 0 amide bonds. The Hall–Kier alpha value is -3.18. The Morgan fingerprint density at radius 2 is 1.84 bits per heavy atom. The molecule has 0 atom stereocenters. The zero-order valence-corrected chi connectivity index (χ0v) is 23.8. The lowest BCUT2D eigenvalue weighted by molar-refractivity contribution is -0.131. The Balaban J connectivity index is 1.58. The molecule has 1 aromatic heterocycles. The topological polar surface area (TPSA) is 104 Å². The van der Waals surface area contributed by atoms with Crippen molar-refractivity contribution in [3.63, 3.8) is 0 Å². The minimum atomic E-state index is -1.18. The summed E-state index contributed by atoms with van der Waals surface area (Å²) in [4.78, 5) is 12.0. The molecule has 1 heterocycles. The average Bonchev–Trinajstić information content (AvgIpc) is 3.36. The van der Waals surface area contributed by atoms with E-state index in [0.717, 1.165) is 17.3 Å². The zero-order valence-electron chi connectivity index (χ0n) is 19.9. The number of carbonyl (C=O) groups is 1. The third-order valence-electron chi connectivity index (χ3n) is 5.09. The van der Waals surface area contributed by atoms with Crippen LogP contribution >= 0.6 is 50.9 Å². The van der Waals surface area contributed by atoms with Crippen molar-refractivity contribution in [3.8, 4) is 28.7 Å². The fourth-order valence-corrected chi connectivity index (χ4v) is 4.93.